The molecule has 0 amide bonds. The fraction of sp³-hybridized carbons (Fsp3) is 0.420. The van der Waals surface area contributed by atoms with Gasteiger partial charge in [-0.15, -0.1) is 0 Å². The van der Waals surface area contributed by atoms with Crippen molar-refractivity contribution in [2.24, 2.45) is 0 Å². The maximum atomic E-state index is 9.59. The van der Waals surface area contributed by atoms with E-state index in [0.717, 1.165) is 84.1 Å². The Morgan fingerprint density at radius 2 is 0.614 bits per heavy atom. The summed E-state index contributed by atoms with van der Waals surface area (Å²) >= 11 is 0. The number of nitrogens with zero attached hydrogens (tertiary/aromatic N) is 3. The molecule has 3 atom stereocenters. The van der Waals surface area contributed by atoms with Gasteiger partial charge in [0.25, 0.3) is 0 Å². The summed E-state index contributed by atoms with van der Waals surface area (Å²) < 4.78 is 55.3. The smallest absolute Gasteiger partial charge is 0.629 e. The standard InChI is InChI=1S/C66H84B3N3O6.C3H6O2/c1-61(2,3)46-31-43-40-70-52-28-22-26-50(37-52)68(74-20)72(42-45-33-48(63(7,8)9)35-56(59(45)77-68)65(13,14)15)54-30-24-27-51(39-54)69(75-21)71(41-44-32-47(62(4,5)6)36-57(60(44)78-69)66(16,17)18)53-29-23-25-49(38-53)67(70,73-19)76-58(43)55(34-46)64(10,11)12;1-3(4)5-2/h22-42H,1-21H3;1-2H3/t67-,68-,69-;/m1./s1. The first kappa shape index (κ1) is 60.9. The van der Waals surface area contributed by atoms with Gasteiger partial charge in [0.2, 0.25) is 0 Å². The number of hydrogen-bond donors (Lipinski definition) is 0. The van der Waals surface area contributed by atoms with Gasteiger partial charge >= 0.3 is 26.0 Å². The van der Waals surface area contributed by atoms with E-state index in [4.69, 9.17) is 27.9 Å². The fourth-order valence-corrected chi connectivity index (χ4v) is 12.1. The van der Waals surface area contributed by atoms with Crippen LogP contribution in [0, 0.1) is 0 Å². The molecule has 0 spiro atoms. The van der Waals surface area contributed by atoms with Crippen LogP contribution in [0.4, 0.5) is 17.1 Å². The van der Waals surface area contributed by atoms with E-state index < -0.39 is 20.1 Å². The van der Waals surface area contributed by atoms with Crippen LogP contribution in [-0.4, -0.2) is 86.6 Å². The van der Waals surface area contributed by atoms with E-state index in [1.165, 1.54) is 30.7 Å². The summed E-state index contributed by atoms with van der Waals surface area (Å²) in [5, 5.41) is 0. The highest BCUT2D eigenvalue weighted by atomic mass is 16.6. The number of methoxy groups -OCH3 is 1. The lowest BCUT2D eigenvalue weighted by Gasteiger charge is -2.43. The molecule has 4 heterocycles. The average Bonchev–Trinajstić information content (AvgIpc) is 2.00. The predicted molar refractivity (Wildman–Crippen MR) is 343 cm³/mol. The second-order valence-corrected chi connectivity index (χ2v) is 29.5. The second-order valence-electron chi connectivity index (χ2n) is 29.5. The first-order chi connectivity index (χ1) is 38.4. The van der Waals surface area contributed by atoms with E-state index in [9.17, 15) is 4.79 Å². The number of carbonyl (C=O) groups is 1. The molecule has 0 radical (unpaired) electrons. The van der Waals surface area contributed by atoms with Gasteiger partial charge in [-0.1, -0.05) is 179 Å². The van der Waals surface area contributed by atoms with E-state index in [2.05, 4.69) is 271 Å². The predicted octanol–water partition coefficient (Wildman–Crippen LogP) is 12.9. The Morgan fingerprint density at radius 3 is 0.807 bits per heavy atom. The minimum Gasteiger partial charge on any atom is -0.629 e. The van der Waals surface area contributed by atoms with E-state index in [1.54, 1.807) is 21.3 Å². The maximum absolute atomic E-state index is 9.59. The van der Waals surface area contributed by atoms with Gasteiger partial charge < -0.3 is 46.1 Å². The van der Waals surface area contributed by atoms with Crippen molar-refractivity contribution in [1.29, 1.82) is 0 Å². The van der Waals surface area contributed by atoms with Gasteiger partial charge in [0, 0.05) is 25.1 Å². The molecule has 0 saturated carbocycles. The zero-order chi connectivity index (χ0) is 61.0. The third-order valence-electron chi connectivity index (χ3n) is 17.2. The molecule has 83 heavy (non-hydrogen) atoms. The highest BCUT2D eigenvalue weighted by Gasteiger charge is 2.57. The zero-order valence-electron chi connectivity index (χ0n) is 54.0. The summed E-state index contributed by atoms with van der Waals surface area (Å²) in [6, 6.07) is 39.5. The number of benzene rings is 6. The van der Waals surface area contributed by atoms with Crippen LogP contribution in [-0.2, 0) is 56.0 Å². The van der Waals surface area contributed by atoms with Gasteiger partial charge in [0.1, 0.15) is 18.6 Å². The Hall–Kier alpha value is -6.73. The first-order valence-electron chi connectivity index (χ1n) is 29.4. The van der Waals surface area contributed by atoms with Crippen molar-refractivity contribution >= 4 is 78.1 Å². The fourth-order valence-electron chi connectivity index (χ4n) is 12.1. The Labute approximate surface area is 495 Å². The van der Waals surface area contributed by atoms with Crippen molar-refractivity contribution in [1.82, 2.24) is 0 Å². The summed E-state index contributed by atoms with van der Waals surface area (Å²) in [6.45, 7) is 34.3. The molecular weight excluding hydrogens is 1030 g/mol. The van der Waals surface area contributed by atoms with Gasteiger partial charge in [-0.2, -0.15) is 0 Å². The number of hydrogen-bond acceptors (Lipinski definition) is 8. The zero-order valence-corrected chi connectivity index (χ0v) is 54.0. The molecule has 6 aromatic rings. The van der Waals surface area contributed by atoms with Crippen molar-refractivity contribution < 1.29 is 50.9 Å². The number of fused-ring (bicyclic) bond motifs is 18. The van der Waals surface area contributed by atoms with Crippen molar-refractivity contribution in [2.75, 3.05) is 28.4 Å². The summed E-state index contributed by atoms with van der Waals surface area (Å²) in [5.41, 5.74) is 13.5. The van der Waals surface area contributed by atoms with Crippen LogP contribution in [0.2, 0.25) is 0 Å². The third kappa shape index (κ3) is 10.8. The van der Waals surface area contributed by atoms with Gasteiger partial charge in [-0.3, -0.25) is 4.79 Å². The molecule has 0 N–H and O–H groups in total. The van der Waals surface area contributed by atoms with Gasteiger partial charge in [-0.25, -0.2) is 0 Å². The number of esters is 1. The molecule has 0 aliphatic carbocycles. The third-order valence-corrected chi connectivity index (χ3v) is 17.2. The Bertz CT molecular complexity index is 3310. The average molecular weight is 1120 g/mol. The topological polar surface area (TPSA) is 90.7 Å². The SMILES string of the molecule is COC(C)=O.CO[B@-]12Oc3c(cc(C(C)(C)C)cc3C(C)(C)C)C=[N+]1c1cccc(c1)[B@@-]1(OC)Oc3c(cc(C(C)(C)C)cc3C(C)(C)C)C=[N+]1c1cccc(c1)[B@@-]1(OC)Oc3c(cc(C(C)(C)C)cc3C(C)(C)C)C=[N+]1c1cccc2c1. The Balaban J connectivity index is 0.00000159. The van der Waals surface area contributed by atoms with Crippen LogP contribution in [0.5, 0.6) is 17.2 Å². The molecule has 0 aromatic heterocycles. The Morgan fingerprint density at radius 1 is 0.373 bits per heavy atom. The lowest BCUT2D eigenvalue weighted by molar-refractivity contribution is -0.335. The van der Waals surface area contributed by atoms with Crippen LogP contribution in [0.3, 0.4) is 0 Å². The lowest BCUT2D eigenvalue weighted by atomic mass is 9.59. The molecule has 11 nitrogen and oxygen atoms in total. The summed E-state index contributed by atoms with van der Waals surface area (Å²) in [4.78, 5) is 9.59. The number of carbonyl (C=O) groups excluding carboxylic acids is 1. The highest BCUT2D eigenvalue weighted by molar-refractivity contribution is 6.78. The van der Waals surface area contributed by atoms with Gasteiger partial charge in [-0.05, 0) is 140 Å². The summed E-state index contributed by atoms with van der Waals surface area (Å²) in [7, 11) is 6.64. The van der Waals surface area contributed by atoms with E-state index in [1.807, 2.05) is 0 Å². The van der Waals surface area contributed by atoms with E-state index in [-0.39, 0.29) is 38.5 Å². The second kappa shape index (κ2) is 20.8. The maximum Gasteiger partial charge on any atom is 0.630 e. The summed E-state index contributed by atoms with van der Waals surface area (Å²) in [6.07, 6.45) is 6.70. The van der Waals surface area contributed by atoms with Crippen LogP contribution in [0.15, 0.2) is 109 Å². The quantitative estimate of drug-likeness (QED) is 0.128. The molecule has 0 unspecified atom stereocenters. The molecule has 4 aliphatic rings. The largest absolute Gasteiger partial charge is 0.630 e. The number of rotatable bonds is 3. The van der Waals surface area contributed by atoms with Gasteiger partial charge in [0.05, 0.1) is 41.0 Å². The van der Waals surface area contributed by atoms with Crippen molar-refractivity contribution in [3.05, 3.63) is 159 Å². The minimum atomic E-state index is -2.59. The molecule has 10 rings (SSSR count). The van der Waals surface area contributed by atoms with E-state index in [0.29, 0.717) is 0 Å². The molecule has 438 valence electrons. The van der Waals surface area contributed by atoms with E-state index >= 15 is 0 Å². The number of ether oxygens (including phenoxy) is 1. The molecule has 0 fully saturated rings. The monoisotopic (exact) mass is 1120 g/mol. The highest BCUT2D eigenvalue weighted by Crippen LogP contribution is 2.46. The van der Waals surface area contributed by atoms with Gasteiger partial charge in [0.15, 0.2) is 17.1 Å². The van der Waals surface area contributed by atoms with Crippen molar-refractivity contribution in [3.63, 3.8) is 0 Å². The molecular formula is C69H90B3N3O8. The van der Waals surface area contributed by atoms with Crippen LogP contribution in [0.25, 0.3) is 0 Å². The van der Waals surface area contributed by atoms with Crippen molar-refractivity contribution in [2.45, 2.75) is 164 Å². The molecule has 6 aromatic carbocycles. The van der Waals surface area contributed by atoms with Crippen LogP contribution < -0.4 is 30.4 Å². The lowest BCUT2D eigenvalue weighted by Crippen LogP contribution is -2.66. The molecule has 0 saturated heterocycles. The first-order valence-corrected chi connectivity index (χ1v) is 29.4. The Kier molecular flexibility index (Phi) is 15.3. The van der Waals surface area contributed by atoms with Crippen LogP contribution in [0.1, 0.15) is 182 Å². The molecule has 14 heteroatoms. The van der Waals surface area contributed by atoms with Crippen molar-refractivity contribution in [3.8, 4) is 17.2 Å². The molecule has 6 bridgehead atoms. The summed E-state index contributed by atoms with van der Waals surface area (Å²) in [5.74, 6) is 2.13. The minimum absolute atomic E-state index is 0.143. The normalized spacial score (nSPS) is 20.1. The van der Waals surface area contributed by atoms with Crippen LogP contribution >= 0.6 is 0 Å². The molecule has 4 aliphatic heterocycles.